The van der Waals surface area contributed by atoms with E-state index in [0.29, 0.717) is 36.9 Å². The third-order valence-electron chi connectivity index (χ3n) is 8.15. The Morgan fingerprint density at radius 2 is 1.52 bits per heavy atom. The van der Waals surface area contributed by atoms with Crippen LogP contribution in [0.2, 0.25) is 10.0 Å². The molecule has 0 radical (unpaired) electrons. The SMILES string of the molecule is Cc1ccc(S(=O)(=O)N2C3CCC(CC3)C2C(=O)N[C@@H](Cc2ccc(NC(=O)Nc3c(Cl)cccc3Cl)cc2)C(=O)O)cc1. The number of hydrogen-bond acceptors (Lipinski definition) is 5. The number of nitrogens with zero attached hydrogens (tertiary/aromatic N) is 1. The first-order valence-electron chi connectivity index (χ1n) is 14.2. The maximum Gasteiger partial charge on any atom is 0.326 e. The second-order valence-corrected chi connectivity index (χ2v) is 13.8. The van der Waals surface area contributed by atoms with Crippen LogP contribution in [0.4, 0.5) is 16.2 Å². The van der Waals surface area contributed by atoms with Crippen LogP contribution in [0.5, 0.6) is 0 Å². The van der Waals surface area contributed by atoms with Crippen LogP contribution in [0.3, 0.4) is 0 Å². The van der Waals surface area contributed by atoms with Crippen LogP contribution in [0.1, 0.15) is 36.8 Å². The summed E-state index contributed by atoms with van der Waals surface area (Å²) in [7, 11) is -3.99. The van der Waals surface area contributed by atoms with Crippen LogP contribution in [0, 0.1) is 12.8 Å². The third kappa shape index (κ3) is 6.86. The van der Waals surface area contributed by atoms with E-state index in [2.05, 4.69) is 16.0 Å². The summed E-state index contributed by atoms with van der Waals surface area (Å²) in [5, 5.41) is 18.4. The number of halogens is 2. The van der Waals surface area contributed by atoms with E-state index in [4.69, 9.17) is 23.2 Å². The number of sulfonamides is 1. The van der Waals surface area contributed by atoms with E-state index < -0.39 is 40.0 Å². The van der Waals surface area contributed by atoms with E-state index in [9.17, 15) is 27.9 Å². The second kappa shape index (κ2) is 13.2. The summed E-state index contributed by atoms with van der Waals surface area (Å²) in [6.45, 7) is 1.86. The highest BCUT2D eigenvalue weighted by Crippen LogP contribution is 2.43. The molecule has 1 aliphatic carbocycles. The van der Waals surface area contributed by atoms with Crippen LogP contribution in [0.15, 0.2) is 71.6 Å². The Kier molecular flexibility index (Phi) is 9.50. The first kappa shape index (κ1) is 31.8. The minimum atomic E-state index is -3.99. The van der Waals surface area contributed by atoms with Gasteiger partial charge in [0.15, 0.2) is 0 Å². The lowest BCUT2D eigenvalue weighted by Gasteiger charge is -2.49. The number of urea groups is 1. The van der Waals surface area contributed by atoms with Crippen molar-refractivity contribution >= 4 is 62.5 Å². The number of fused-ring (bicyclic) bond motifs is 3. The number of carboxylic acids is 1. The average molecular weight is 660 g/mol. The number of piperidine rings is 2. The van der Waals surface area contributed by atoms with Gasteiger partial charge in [-0.2, -0.15) is 4.31 Å². The van der Waals surface area contributed by atoms with E-state index in [1.54, 1.807) is 54.6 Å². The maximum absolute atomic E-state index is 13.7. The van der Waals surface area contributed by atoms with Gasteiger partial charge in [-0.15, -0.1) is 0 Å². The number of benzene rings is 3. The molecular formula is C31H32Cl2N4O6S. The topological polar surface area (TPSA) is 145 Å². The fourth-order valence-corrected chi connectivity index (χ4v) is 8.31. The fourth-order valence-electron chi connectivity index (χ4n) is 5.92. The van der Waals surface area contributed by atoms with Crippen LogP contribution in [0.25, 0.3) is 0 Å². The fraction of sp³-hybridized carbons (Fsp3) is 0.323. The molecule has 232 valence electrons. The first-order chi connectivity index (χ1) is 20.9. The van der Waals surface area contributed by atoms with Crippen molar-refractivity contribution in [2.45, 2.75) is 62.0 Å². The van der Waals surface area contributed by atoms with Crippen molar-refractivity contribution in [3.8, 4) is 0 Å². The molecule has 3 fully saturated rings. The summed E-state index contributed by atoms with van der Waals surface area (Å²) in [6.07, 6.45) is 2.67. The quantitative estimate of drug-likeness (QED) is 0.232. The van der Waals surface area contributed by atoms with Crippen LogP contribution < -0.4 is 16.0 Å². The Bertz CT molecular complexity index is 1640. The van der Waals surface area contributed by atoms with E-state index in [-0.39, 0.29) is 39.0 Å². The maximum atomic E-state index is 13.7. The second-order valence-electron chi connectivity index (χ2n) is 11.1. The number of para-hydroxylation sites is 1. The lowest BCUT2D eigenvalue weighted by molar-refractivity contribution is -0.143. The van der Waals surface area contributed by atoms with E-state index in [1.165, 1.54) is 16.4 Å². The molecule has 1 saturated carbocycles. The van der Waals surface area contributed by atoms with E-state index >= 15 is 0 Å². The van der Waals surface area contributed by atoms with Crippen molar-refractivity contribution in [2.75, 3.05) is 10.6 Å². The number of anilines is 2. The van der Waals surface area contributed by atoms with Gasteiger partial charge in [0.1, 0.15) is 12.1 Å². The number of aliphatic carboxylic acids is 1. The van der Waals surface area contributed by atoms with Crippen molar-refractivity contribution in [1.82, 2.24) is 9.62 Å². The molecule has 4 N–H and O–H groups in total. The molecular weight excluding hydrogens is 627 g/mol. The van der Waals surface area contributed by atoms with Crippen molar-refractivity contribution in [1.29, 1.82) is 0 Å². The zero-order valence-corrected chi connectivity index (χ0v) is 26.1. The summed E-state index contributed by atoms with van der Waals surface area (Å²) in [6, 6.07) is 14.6. The molecule has 0 aromatic heterocycles. The minimum absolute atomic E-state index is 0.0473. The first-order valence-corrected chi connectivity index (χ1v) is 16.4. The number of aryl methyl sites for hydroxylation is 1. The van der Waals surface area contributed by atoms with Crippen LogP contribution in [-0.4, -0.2) is 53.9 Å². The zero-order valence-electron chi connectivity index (χ0n) is 23.8. The van der Waals surface area contributed by atoms with Crippen molar-refractivity contribution in [2.24, 2.45) is 5.92 Å². The summed E-state index contributed by atoms with van der Waals surface area (Å²) < 4.78 is 28.8. The molecule has 2 bridgehead atoms. The largest absolute Gasteiger partial charge is 0.480 e. The van der Waals surface area contributed by atoms with Crippen LogP contribution in [-0.2, 0) is 26.0 Å². The molecule has 2 aliphatic heterocycles. The summed E-state index contributed by atoms with van der Waals surface area (Å²) in [4.78, 5) is 38.4. The highest BCUT2D eigenvalue weighted by molar-refractivity contribution is 7.89. The van der Waals surface area contributed by atoms with Gasteiger partial charge < -0.3 is 21.1 Å². The van der Waals surface area contributed by atoms with Gasteiger partial charge in [0.05, 0.1) is 20.6 Å². The van der Waals surface area contributed by atoms with Crippen molar-refractivity contribution < 1.29 is 27.9 Å². The predicted octanol–water partition coefficient (Wildman–Crippen LogP) is 5.69. The number of carboxylic acid groups (broad SMARTS) is 1. The standard InChI is InChI=1S/C31H32Cl2N4O6S/c1-18-5-15-23(16-6-18)44(42,43)37-22-13-9-20(10-14-22)28(37)29(38)35-26(30(39)40)17-19-7-11-21(12-8-19)34-31(41)36-27-24(32)3-2-4-25(27)33/h2-8,11-12,15-16,20,22,26,28H,9-10,13-14,17H2,1H3,(H,35,38)(H,39,40)(H2,34,36,41)/t20?,22?,26-,28?/m0/s1. The van der Waals surface area contributed by atoms with Gasteiger partial charge in [-0.25, -0.2) is 18.0 Å². The highest BCUT2D eigenvalue weighted by Gasteiger charge is 2.51. The summed E-state index contributed by atoms with van der Waals surface area (Å²) in [5.41, 5.74) is 2.20. The minimum Gasteiger partial charge on any atom is -0.480 e. The van der Waals surface area contributed by atoms with Crippen molar-refractivity contribution in [3.05, 3.63) is 87.9 Å². The molecule has 13 heteroatoms. The molecule has 3 amide bonds. The van der Waals surface area contributed by atoms with Gasteiger partial charge in [0.25, 0.3) is 0 Å². The molecule has 0 spiro atoms. The Morgan fingerprint density at radius 3 is 2.11 bits per heavy atom. The summed E-state index contributed by atoms with van der Waals surface area (Å²) >= 11 is 12.2. The zero-order chi connectivity index (χ0) is 31.6. The predicted molar refractivity (Wildman–Crippen MR) is 169 cm³/mol. The lowest BCUT2D eigenvalue weighted by Crippen LogP contribution is -2.63. The van der Waals surface area contributed by atoms with Gasteiger partial charge >= 0.3 is 12.0 Å². The lowest BCUT2D eigenvalue weighted by atomic mass is 9.76. The van der Waals surface area contributed by atoms with E-state index in [0.717, 1.165) is 5.56 Å². The Morgan fingerprint density at radius 1 is 0.909 bits per heavy atom. The molecule has 2 atom stereocenters. The molecule has 2 saturated heterocycles. The van der Waals surface area contributed by atoms with Crippen LogP contribution >= 0.6 is 23.2 Å². The average Bonchev–Trinajstić information content (AvgIpc) is 3.00. The number of amides is 3. The Labute approximate surface area is 265 Å². The van der Waals surface area contributed by atoms with Gasteiger partial charge in [-0.3, -0.25) is 4.79 Å². The molecule has 1 unspecified atom stereocenters. The molecule has 44 heavy (non-hydrogen) atoms. The Hall–Kier alpha value is -3.64. The summed E-state index contributed by atoms with van der Waals surface area (Å²) in [5.74, 6) is -2.06. The monoisotopic (exact) mass is 658 g/mol. The molecule has 10 nitrogen and oxygen atoms in total. The Balaban J connectivity index is 1.27. The number of rotatable bonds is 9. The molecule has 2 heterocycles. The number of carbonyl (C=O) groups is 3. The van der Waals surface area contributed by atoms with E-state index in [1.807, 2.05) is 6.92 Å². The smallest absolute Gasteiger partial charge is 0.326 e. The normalized spacial score (nSPS) is 20.5. The number of nitrogens with one attached hydrogen (secondary N) is 3. The molecule has 3 aromatic carbocycles. The van der Waals surface area contributed by atoms with Gasteiger partial charge in [-0.1, -0.05) is 59.1 Å². The van der Waals surface area contributed by atoms with Gasteiger partial charge in [-0.05, 0) is 80.5 Å². The molecule has 3 aromatic rings. The molecule has 6 rings (SSSR count). The highest BCUT2D eigenvalue weighted by atomic mass is 35.5. The molecule has 3 aliphatic rings. The number of carbonyl (C=O) groups excluding carboxylic acids is 2. The van der Waals surface area contributed by atoms with Gasteiger partial charge in [0, 0.05) is 18.2 Å². The third-order valence-corrected chi connectivity index (χ3v) is 10.7. The van der Waals surface area contributed by atoms with Gasteiger partial charge in [0.2, 0.25) is 15.9 Å². The van der Waals surface area contributed by atoms with Crippen molar-refractivity contribution in [3.63, 3.8) is 0 Å². The number of hydrogen-bond donors (Lipinski definition) is 4.